The van der Waals surface area contributed by atoms with Gasteiger partial charge in [0, 0.05) is 13.2 Å². The zero-order chi connectivity index (χ0) is 10.4. The number of methoxy groups -OCH3 is 1. The van der Waals surface area contributed by atoms with Crippen LogP contribution in [0, 0.1) is 5.92 Å². The first-order chi connectivity index (χ1) is 6.72. The van der Waals surface area contributed by atoms with Crippen molar-refractivity contribution in [2.24, 2.45) is 11.7 Å². The van der Waals surface area contributed by atoms with Gasteiger partial charge in [-0.25, -0.2) is 0 Å². The fourth-order valence-corrected chi connectivity index (χ4v) is 2.02. The van der Waals surface area contributed by atoms with Crippen LogP contribution in [0.4, 0.5) is 0 Å². The van der Waals surface area contributed by atoms with E-state index in [2.05, 4.69) is 13.0 Å². The summed E-state index contributed by atoms with van der Waals surface area (Å²) in [5.41, 5.74) is 7.23. The highest BCUT2D eigenvalue weighted by atomic mass is 16.5. The van der Waals surface area contributed by atoms with Crippen molar-refractivity contribution in [2.45, 2.75) is 45.1 Å². The van der Waals surface area contributed by atoms with Crippen molar-refractivity contribution in [3.8, 4) is 0 Å². The van der Waals surface area contributed by atoms with E-state index < -0.39 is 0 Å². The molecule has 2 nitrogen and oxygen atoms in total. The molecule has 14 heavy (non-hydrogen) atoms. The number of allylic oxidation sites excluding steroid dienone is 1. The summed E-state index contributed by atoms with van der Waals surface area (Å²) in [6, 6.07) is 0.361. The van der Waals surface area contributed by atoms with Gasteiger partial charge in [0.2, 0.25) is 0 Å². The zero-order valence-corrected chi connectivity index (χ0v) is 9.46. The molecule has 0 bridgehead atoms. The number of ether oxygens (including phenoxy) is 1. The van der Waals surface area contributed by atoms with Gasteiger partial charge in [0.05, 0.1) is 6.61 Å². The molecule has 0 spiro atoms. The molecule has 0 aliphatic heterocycles. The Morgan fingerprint density at radius 1 is 1.64 bits per heavy atom. The molecule has 1 aliphatic carbocycles. The van der Waals surface area contributed by atoms with Gasteiger partial charge in [-0.3, -0.25) is 0 Å². The Hall–Kier alpha value is -0.340. The van der Waals surface area contributed by atoms with Gasteiger partial charge in [-0.2, -0.15) is 0 Å². The van der Waals surface area contributed by atoms with Gasteiger partial charge in [-0.15, -0.1) is 0 Å². The summed E-state index contributed by atoms with van der Waals surface area (Å²) in [6.45, 7) is 2.91. The summed E-state index contributed by atoms with van der Waals surface area (Å²) in [6.07, 6.45) is 8.58. The first-order valence-electron chi connectivity index (χ1n) is 5.64. The normalized spacial score (nSPS) is 24.5. The van der Waals surface area contributed by atoms with Crippen LogP contribution in [-0.2, 0) is 4.74 Å². The molecule has 1 aliphatic rings. The van der Waals surface area contributed by atoms with Crippen molar-refractivity contribution >= 4 is 0 Å². The van der Waals surface area contributed by atoms with E-state index in [1.54, 1.807) is 7.11 Å². The second kappa shape index (κ2) is 6.20. The molecule has 2 heteroatoms. The first kappa shape index (κ1) is 11.7. The van der Waals surface area contributed by atoms with Crippen molar-refractivity contribution in [1.29, 1.82) is 0 Å². The highest BCUT2D eigenvalue weighted by Crippen LogP contribution is 2.27. The van der Waals surface area contributed by atoms with Crippen molar-refractivity contribution in [2.75, 3.05) is 13.7 Å². The molecule has 0 aromatic rings. The number of nitrogens with two attached hydrogens (primary N) is 1. The van der Waals surface area contributed by atoms with E-state index >= 15 is 0 Å². The Morgan fingerprint density at radius 3 is 2.93 bits per heavy atom. The van der Waals surface area contributed by atoms with Gasteiger partial charge in [-0.1, -0.05) is 6.08 Å². The Kier molecular flexibility index (Phi) is 5.20. The van der Waals surface area contributed by atoms with E-state index in [0.29, 0.717) is 6.04 Å². The Morgan fingerprint density at radius 2 is 2.43 bits per heavy atom. The third-order valence-corrected chi connectivity index (χ3v) is 2.97. The van der Waals surface area contributed by atoms with Crippen LogP contribution in [0.25, 0.3) is 0 Å². The van der Waals surface area contributed by atoms with Gasteiger partial charge in [0.15, 0.2) is 0 Å². The van der Waals surface area contributed by atoms with E-state index in [-0.39, 0.29) is 0 Å². The molecule has 82 valence electrons. The lowest BCUT2D eigenvalue weighted by molar-refractivity contribution is 0.218. The monoisotopic (exact) mass is 197 g/mol. The smallest absolute Gasteiger partial charge is 0.0672 e. The fraction of sp³-hybridized carbons (Fsp3) is 0.833. The molecule has 0 amide bonds. The Labute approximate surface area is 87.5 Å². The lowest BCUT2D eigenvalue weighted by Gasteiger charge is -2.22. The lowest BCUT2D eigenvalue weighted by atomic mass is 9.86. The predicted molar refractivity (Wildman–Crippen MR) is 60.2 cm³/mol. The fourth-order valence-electron chi connectivity index (χ4n) is 2.02. The summed E-state index contributed by atoms with van der Waals surface area (Å²) in [5.74, 6) is 0.863. The van der Waals surface area contributed by atoms with E-state index in [1.165, 1.54) is 31.3 Å². The molecule has 0 fully saturated rings. The van der Waals surface area contributed by atoms with Crippen LogP contribution in [-0.4, -0.2) is 19.8 Å². The predicted octanol–water partition coefficient (Wildman–Crippen LogP) is 2.49. The minimum absolute atomic E-state index is 0.361. The van der Waals surface area contributed by atoms with Crippen molar-refractivity contribution < 1.29 is 4.74 Å². The second-order valence-electron chi connectivity index (χ2n) is 4.49. The van der Waals surface area contributed by atoms with Crippen molar-refractivity contribution in [1.82, 2.24) is 0 Å². The Balaban J connectivity index is 2.21. The Bertz CT molecular complexity index is 187. The van der Waals surface area contributed by atoms with Crippen LogP contribution >= 0.6 is 0 Å². The quantitative estimate of drug-likeness (QED) is 0.687. The SMILES string of the molecule is COCC1=CCC(CCC(C)N)CC1. The molecule has 0 heterocycles. The highest BCUT2D eigenvalue weighted by molar-refractivity contribution is 5.06. The summed E-state index contributed by atoms with van der Waals surface area (Å²) < 4.78 is 5.13. The molecule has 0 radical (unpaired) electrons. The first-order valence-corrected chi connectivity index (χ1v) is 5.64. The van der Waals surface area contributed by atoms with E-state index in [0.717, 1.165) is 18.9 Å². The van der Waals surface area contributed by atoms with Crippen molar-refractivity contribution in [3.05, 3.63) is 11.6 Å². The maximum atomic E-state index is 5.75. The van der Waals surface area contributed by atoms with E-state index in [4.69, 9.17) is 10.5 Å². The van der Waals surface area contributed by atoms with Crippen LogP contribution in [0.15, 0.2) is 11.6 Å². The second-order valence-corrected chi connectivity index (χ2v) is 4.49. The average Bonchev–Trinajstić information content (AvgIpc) is 2.17. The molecule has 2 unspecified atom stereocenters. The topological polar surface area (TPSA) is 35.2 Å². The van der Waals surface area contributed by atoms with Crippen LogP contribution in [0.2, 0.25) is 0 Å². The maximum absolute atomic E-state index is 5.75. The summed E-state index contributed by atoms with van der Waals surface area (Å²) >= 11 is 0. The molecular weight excluding hydrogens is 174 g/mol. The zero-order valence-electron chi connectivity index (χ0n) is 9.46. The summed E-state index contributed by atoms with van der Waals surface area (Å²) in [7, 11) is 1.77. The minimum Gasteiger partial charge on any atom is -0.380 e. The maximum Gasteiger partial charge on any atom is 0.0672 e. The molecular formula is C12H23NO. The minimum atomic E-state index is 0.361. The molecule has 1 rings (SSSR count). The van der Waals surface area contributed by atoms with Crippen LogP contribution in [0.1, 0.15) is 39.0 Å². The summed E-state index contributed by atoms with van der Waals surface area (Å²) in [4.78, 5) is 0. The van der Waals surface area contributed by atoms with Crippen LogP contribution in [0.3, 0.4) is 0 Å². The number of hydrogen-bond donors (Lipinski definition) is 1. The molecule has 2 N–H and O–H groups in total. The largest absolute Gasteiger partial charge is 0.380 e. The lowest BCUT2D eigenvalue weighted by Crippen LogP contribution is -2.17. The molecule has 0 aromatic heterocycles. The van der Waals surface area contributed by atoms with Crippen LogP contribution in [0.5, 0.6) is 0 Å². The van der Waals surface area contributed by atoms with Gasteiger partial charge in [0.25, 0.3) is 0 Å². The summed E-state index contributed by atoms with van der Waals surface area (Å²) in [5, 5.41) is 0. The van der Waals surface area contributed by atoms with E-state index in [9.17, 15) is 0 Å². The van der Waals surface area contributed by atoms with E-state index in [1.807, 2.05) is 0 Å². The third-order valence-electron chi connectivity index (χ3n) is 2.97. The van der Waals surface area contributed by atoms with Crippen molar-refractivity contribution in [3.63, 3.8) is 0 Å². The standard InChI is InChI=1S/C12H23NO/c1-10(13)3-4-11-5-7-12(8-6-11)9-14-2/h7,10-11H,3-6,8-9,13H2,1-2H3. The van der Waals surface area contributed by atoms with Gasteiger partial charge < -0.3 is 10.5 Å². The number of rotatable bonds is 5. The average molecular weight is 197 g/mol. The molecule has 0 saturated heterocycles. The molecule has 2 atom stereocenters. The van der Waals surface area contributed by atoms with Gasteiger partial charge in [0.1, 0.15) is 0 Å². The van der Waals surface area contributed by atoms with Crippen LogP contribution < -0.4 is 5.73 Å². The molecule has 0 aromatic carbocycles. The molecule has 0 saturated carbocycles. The van der Waals surface area contributed by atoms with Gasteiger partial charge >= 0.3 is 0 Å². The third kappa shape index (κ3) is 4.25. The van der Waals surface area contributed by atoms with Gasteiger partial charge in [-0.05, 0) is 50.5 Å². The highest BCUT2D eigenvalue weighted by Gasteiger charge is 2.14. The number of hydrogen-bond acceptors (Lipinski definition) is 2.